The molecule has 7 heteroatoms. The van der Waals surface area contributed by atoms with Crippen molar-refractivity contribution in [1.82, 2.24) is 14.7 Å². The molecule has 1 saturated heterocycles. The van der Waals surface area contributed by atoms with Gasteiger partial charge in [0.25, 0.3) is 0 Å². The molecule has 0 saturated carbocycles. The van der Waals surface area contributed by atoms with Crippen LogP contribution in [0.5, 0.6) is 5.75 Å². The average Bonchev–Trinajstić information content (AvgIpc) is 2.79. The van der Waals surface area contributed by atoms with Gasteiger partial charge in [-0.25, -0.2) is 0 Å². The largest absolute Gasteiger partial charge is 0.497 e. The number of hydrogen-bond donors (Lipinski definition) is 1. The van der Waals surface area contributed by atoms with Crippen LogP contribution in [0.2, 0.25) is 0 Å². The topological polar surface area (TPSA) is 65.1 Å². The van der Waals surface area contributed by atoms with E-state index < -0.39 is 0 Å². The number of likely N-dealkylation sites (N-methyl/N-ethyl adjacent to an activating group) is 1. The summed E-state index contributed by atoms with van der Waals surface area (Å²) >= 11 is 0. The third-order valence-electron chi connectivity index (χ3n) is 5.67. The zero-order valence-corrected chi connectivity index (χ0v) is 18.6. The fourth-order valence-corrected chi connectivity index (χ4v) is 3.83. The molecule has 0 bridgehead atoms. The second kappa shape index (κ2) is 10.9. The summed E-state index contributed by atoms with van der Waals surface area (Å²) < 4.78 is 5.17. The summed E-state index contributed by atoms with van der Waals surface area (Å²) in [7, 11) is 3.37. The molecule has 1 heterocycles. The molecular weight excluding hydrogens is 392 g/mol. The number of rotatable bonds is 8. The molecule has 0 radical (unpaired) electrons. The maximum atomic E-state index is 12.7. The fourth-order valence-electron chi connectivity index (χ4n) is 3.83. The van der Waals surface area contributed by atoms with Crippen molar-refractivity contribution >= 4 is 17.5 Å². The van der Waals surface area contributed by atoms with Crippen LogP contribution in [0.1, 0.15) is 18.5 Å². The summed E-state index contributed by atoms with van der Waals surface area (Å²) in [4.78, 5) is 31.1. The van der Waals surface area contributed by atoms with Crippen LogP contribution in [-0.4, -0.2) is 79.9 Å². The Hall–Kier alpha value is -2.90. The third-order valence-corrected chi connectivity index (χ3v) is 5.67. The van der Waals surface area contributed by atoms with E-state index in [0.29, 0.717) is 30.6 Å². The highest BCUT2D eigenvalue weighted by Gasteiger charge is 2.25. The Labute approximate surface area is 184 Å². The first-order valence-corrected chi connectivity index (χ1v) is 10.7. The van der Waals surface area contributed by atoms with E-state index in [1.807, 2.05) is 29.2 Å². The summed E-state index contributed by atoms with van der Waals surface area (Å²) in [5.74, 6) is 0.579. The summed E-state index contributed by atoms with van der Waals surface area (Å²) in [6.07, 6.45) is 0. The van der Waals surface area contributed by atoms with E-state index in [-0.39, 0.29) is 24.9 Å². The van der Waals surface area contributed by atoms with Crippen LogP contribution in [0.4, 0.5) is 5.69 Å². The predicted octanol–water partition coefficient (Wildman–Crippen LogP) is 2.47. The minimum Gasteiger partial charge on any atom is -0.497 e. The Morgan fingerprint density at radius 3 is 2.42 bits per heavy atom. The SMILES string of the molecule is COc1cccc(NC(=O)CN(C)CC(=O)N2CCN([C@@H](C)c3ccccc3)CC2)c1. The number of ether oxygens (including phenoxy) is 1. The van der Waals surface area contributed by atoms with Crippen molar-refractivity contribution in [2.45, 2.75) is 13.0 Å². The van der Waals surface area contributed by atoms with Crippen molar-refractivity contribution in [1.29, 1.82) is 0 Å². The fraction of sp³-hybridized carbons (Fsp3) is 0.417. The highest BCUT2D eigenvalue weighted by Crippen LogP contribution is 2.21. The molecular formula is C24H32N4O3. The Morgan fingerprint density at radius 1 is 1.03 bits per heavy atom. The lowest BCUT2D eigenvalue weighted by Gasteiger charge is -2.38. The molecule has 1 atom stereocenters. The zero-order valence-electron chi connectivity index (χ0n) is 18.6. The molecule has 2 aromatic rings. The minimum absolute atomic E-state index is 0.0590. The molecule has 31 heavy (non-hydrogen) atoms. The molecule has 1 fully saturated rings. The van der Waals surface area contributed by atoms with Gasteiger partial charge < -0.3 is 15.0 Å². The Bertz CT molecular complexity index is 866. The number of nitrogens with one attached hydrogen (secondary N) is 1. The van der Waals surface area contributed by atoms with Gasteiger partial charge in [0, 0.05) is 44.0 Å². The molecule has 3 rings (SSSR count). The third kappa shape index (κ3) is 6.54. The number of benzene rings is 2. The summed E-state index contributed by atoms with van der Waals surface area (Å²) in [5, 5.41) is 2.84. The molecule has 0 aliphatic carbocycles. The lowest BCUT2D eigenvalue weighted by atomic mass is 10.1. The van der Waals surface area contributed by atoms with E-state index in [9.17, 15) is 9.59 Å². The molecule has 2 aromatic carbocycles. The average molecular weight is 425 g/mol. The molecule has 0 spiro atoms. The van der Waals surface area contributed by atoms with Crippen LogP contribution in [0.25, 0.3) is 0 Å². The van der Waals surface area contributed by atoms with E-state index in [4.69, 9.17) is 4.74 Å². The Morgan fingerprint density at radius 2 is 1.74 bits per heavy atom. The maximum absolute atomic E-state index is 12.7. The number of carbonyl (C=O) groups excluding carboxylic acids is 2. The maximum Gasteiger partial charge on any atom is 0.238 e. The van der Waals surface area contributed by atoms with Crippen molar-refractivity contribution in [3.63, 3.8) is 0 Å². The molecule has 0 aromatic heterocycles. The van der Waals surface area contributed by atoms with E-state index in [2.05, 4.69) is 41.4 Å². The van der Waals surface area contributed by atoms with Crippen LogP contribution >= 0.6 is 0 Å². The van der Waals surface area contributed by atoms with Gasteiger partial charge in [0.05, 0.1) is 20.2 Å². The molecule has 166 valence electrons. The van der Waals surface area contributed by atoms with Crippen molar-refractivity contribution in [2.24, 2.45) is 0 Å². The Kier molecular flexibility index (Phi) is 8.03. The molecule has 0 unspecified atom stereocenters. The number of amides is 2. The first-order chi connectivity index (χ1) is 15.0. The standard InChI is InChI=1S/C24H32N4O3/c1-19(20-8-5-4-6-9-20)27-12-14-28(15-13-27)24(30)18-26(2)17-23(29)25-21-10-7-11-22(16-21)31-3/h4-11,16,19H,12-15,17-18H2,1-3H3,(H,25,29)/t19-/m0/s1. The minimum atomic E-state index is -0.162. The van der Waals surface area contributed by atoms with Crippen molar-refractivity contribution < 1.29 is 14.3 Å². The first kappa shape index (κ1) is 22.8. The van der Waals surface area contributed by atoms with Gasteiger partial charge in [0.1, 0.15) is 5.75 Å². The predicted molar refractivity (Wildman–Crippen MR) is 122 cm³/mol. The number of nitrogens with zero attached hydrogens (tertiary/aromatic N) is 3. The summed E-state index contributed by atoms with van der Waals surface area (Å²) in [6, 6.07) is 18.0. The highest BCUT2D eigenvalue weighted by atomic mass is 16.5. The number of methoxy groups -OCH3 is 1. The smallest absolute Gasteiger partial charge is 0.238 e. The zero-order chi connectivity index (χ0) is 22.2. The second-order valence-electron chi connectivity index (χ2n) is 7.96. The van der Waals surface area contributed by atoms with Gasteiger partial charge in [0.15, 0.2) is 0 Å². The monoisotopic (exact) mass is 424 g/mol. The van der Waals surface area contributed by atoms with Crippen LogP contribution in [0.3, 0.4) is 0 Å². The first-order valence-electron chi connectivity index (χ1n) is 10.7. The van der Waals surface area contributed by atoms with Crippen LogP contribution < -0.4 is 10.1 Å². The molecule has 1 aliphatic rings. The van der Waals surface area contributed by atoms with Gasteiger partial charge in [-0.3, -0.25) is 19.4 Å². The quantitative estimate of drug-likeness (QED) is 0.705. The van der Waals surface area contributed by atoms with Gasteiger partial charge in [0.2, 0.25) is 11.8 Å². The van der Waals surface area contributed by atoms with Crippen molar-refractivity contribution in [2.75, 3.05) is 58.7 Å². The van der Waals surface area contributed by atoms with Crippen molar-refractivity contribution in [3.05, 3.63) is 60.2 Å². The van der Waals surface area contributed by atoms with Crippen molar-refractivity contribution in [3.8, 4) is 5.75 Å². The van der Waals surface area contributed by atoms with E-state index >= 15 is 0 Å². The van der Waals surface area contributed by atoms with E-state index in [1.54, 1.807) is 25.1 Å². The summed E-state index contributed by atoms with van der Waals surface area (Å²) in [5.41, 5.74) is 1.97. The van der Waals surface area contributed by atoms with E-state index in [0.717, 1.165) is 13.1 Å². The molecule has 1 N–H and O–H groups in total. The number of anilines is 1. The Balaban J connectivity index is 1.42. The normalized spacial score (nSPS) is 15.5. The van der Waals surface area contributed by atoms with E-state index in [1.165, 1.54) is 5.56 Å². The second-order valence-corrected chi connectivity index (χ2v) is 7.96. The van der Waals surface area contributed by atoms with Gasteiger partial charge in [-0.1, -0.05) is 36.4 Å². The molecule has 2 amide bonds. The summed E-state index contributed by atoms with van der Waals surface area (Å²) in [6.45, 7) is 5.69. The number of carbonyl (C=O) groups is 2. The molecule has 1 aliphatic heterocycles. The van der Waals surface area contributed by atoms with Crippen LogP contribution in [-0.2, 0) is 9.59 Å². The van der Waals surface area contributed by atoms with Gasteiger partial charge in [-0.05, 0) is 31.7 Å². The highest BCUT2D eigenvalue weighted by molar-refractivity contribution is 5.92. The lowest BCUT2D eigenvalue weighted by Crippen LogP contribution is -2.51. The number of piperazine rings is 1. The van der Waals surface area contributed by atoms with Gasteiger partial charge in [-0.15, -0.1) is 0 Å². The molecule has 7 nitrogen and oxygen atoms in total. The van der Waals surface area contributed by atoms with Gasteiger partial charge in [-0.2, -0.15) is 0 Å². The number of hydrogen-bond acceptors (Lipinski definition) is 5. The lowest BCUT2D eigenvalue weighted by molar-refractivity contribution is -0.134. The van der Waals surface area contributed by atoms with Crippen LogP contribution in [0, 0.1) is 0 Å². The van der Waals surface area contributed by atoms with Gasteiger partial charge >= 0.3 is 0 Å². The van der Waals surface area contributed by atoms with Crippen LogP contribution in [0.15, 0.2) is 54.6 Å².